The fourth-order valence-corrected chi connectivity index (χ4v) is 2.14. The summed E-state index contributed by atoms with van der Waals surface area (Å²) < 4.78 is 9.91. The van der Waals surface area contributed by atoms with Crippen LogP contribution in [-0.4, -0.2) is 45.8 Å². The first-order chi connectivity index (χ1) is 5.57. The summed E-state index contributed by atoms with van der Waals surface area (Å²) in [6.07, 6.45) is -2.35. The van der Waals surface area contributed by atoms with E-state index in [-0.39, 0.29) is 10.2 Å². The summed E-state index contributed by atoms with van der Waals surface area (Å²) in [7, 11) is 1.47. The van der Waals surface area contributed by atoms with Crippen LogP contribution in [0.25, 0.3) is 0 Å². The summed E-state index contributed by atoms with van der Waals surface area (Å²) in [6, 6.07) is 0. The quantitative estimate of drug-likeness (QED) is 0.523. The molecule has 0 amide bonds. The largest absolute Gasteiger partial charge is 0.388 e. The maximum atomic E-state index is 9.51. The van der Waals surface area contributed by atoms with Crippen molar-refractivity contribution >= 4 is 22.6 Å². The number of methoxy groups -OCH3 is 1. The maximum absolute atomic E-state index is 9.51. The highest BCUT2D eigenvalue weighted by atomic mass is 127. The Kier molecular flexibility index (Phi) is 3.72. The molecule has 1 fully saturated rings. The molecule has 0 aliphatic carbocycles. The molecule has 12 heavy (non-hydrogen) atoms. The molecule has 0 aromatic heterocycles. The molecule has 1 aliphatic heterocycles. The molecule has 3 unspecified atom stereocenters. The number of halogens is 1. The number of rotatable bonds is 1. The van der Waals surface area contributed by atoms with Gasteiger partial charge in [0.15, 0.2) is 0 Å². The lowest BCUT2D eigenvalue weighted by Gasteiger charge is -2.38. The van der Waals surface area contributed by atoms with Gasteiger partial charge in [0.1, 0.15) is 22.4 Å². The zero-order chi connectivity index (χ0) is 9.30. The van der Waals surface area contributed by atoms with E-state index in [1.165, 1.54) is 7.11 Å². The van der Waals surface area contributed by atoms with Gasteiger partial charge in [-0.3, -0.25) is 0 Å². The molecule has 0 saturated carbocycles. The van der Waals surface area contributed by atoms with E-state index in [4.69, 9.17) is 9.47 Å². The Morgan fingerprint density at radius 3 is 2.42 bits per heavy atom. The zero-order valence-electron chi connectivity index (χ0n) is 6.98. The number of hydrogen-bond acceptors (Lipinski definition) is 4. The van der Waals surface area contributed by atoms with Crippen LogP contribution in [0, 0.1) is 0 Å². The molecule has 1 aliphatic rings. The van der Waals surface area contributed by atoms with Crippen LogP contribution in [0.2, 0.25) is 0 Å². The Morgan fingerprint density at radius 2 is 1.92 bits per heavy atom. The molecule has 1 heterocycles. The van der Waals surface area contributed by atoms with E-state index in [0.29, 0.717) is 0 Å². The van der Waals surface area contributed by atoms with E-state index in [9.17, 15) is 10.2 Å². The van der Waals surface area contributed by atoms with Gasteiger partial charge in [-0.05, 0) is 29.5 Å². The molecule has 1 rings (SSSR count). The number of aliphatic hydroxyl groups is 2. The topological polar surface area (TPSA) is 58.9 Å². The molecule has 4 nitrogen and oxygen atoms in total. The summed E-state index contributed by atoms with van der Waals surface area (Å²) in [5, 5.41) is 19.0. The molecule has 1 saturated heterocycles. The van der Waals surface area contributed by atoms with Crippen LogP contribution < -0.4 is 0 Å². The molecule has 0 bridgehead atoms. The minimum absolute atomic E-state index is 0.291. The third-order valence-electron chi connectivity index (χ3n) is 2.04. The normalized spacial score (nSPS) is 49.2. The highest BCUT2D eigenvalue weighted by Gasteiger charge is 2.41. The lowest BCUT2D eigenvalue weighted by atomic mass is 10.0. The van der Waals surface area contributed by atoms with Crippen molar-refractivity contribution in [1.82, 2.24) is 0 Å². The van der Waals surface area contributed by atoms with E-state index in [1.54, 1.807) is 6.92 Å². The van der Waals surface area contributed by atoms with E-state index >= 15 is 0 Å². The van der Waals surface area contributed by atoms with Gasteiger partial charge in [0.2, 0.25) is 0 Å². The van der Waals surface area contributed by atoms with Crippen LogP contribution in [0.1, 0.15) is 6.92 Å². The minimum Gasteiger partial charge on any atom is -0.388 e. The third kappa shape index (κ3) is 1.90. The third-order valence-corrected chi connectivity index (χ3v) is 3.07. The van der Waals surface area contributed by atoms with Gasteiger partial charge in [-0.1, -0.05) is 0 Å². The predicted octanol–water partition coefficient (Wildman–Crippen LogP) is -0.0970. The van der Waals surface area contributed by atoms with Crippen molar-refractivity contribution in [1.29, 1.82) is 0 Å². The number of ether oxygens (including phenoxy) is 2. The Bertz CT molecular complexity index is 140. The fourth-order valence-electron chi connectivity index (χ4n) is 1.26. The first-order valence-corrected chi connectivity index (χ1v) is 5.01. The van der Waals surface area contributed by atoms with E-state index < -0.39 is 18.3 Å². The Hall–Kier alpha value is 0.570. The van der Waals surface area contributed by atoms with Gasteiger partial charge >= 0.3 is 0 Å². The second kappa shape index (κ2) is 4.19. The van der Waals surface area contributed by atoms with Crippen LogP contribution in [0.3, 0.4) is 0 Å². The summed E-state index contributed by atoms with van der Waals surface area (Å²) in [6.45, 7) is 1.76. The Balaban J connectivity index is 2.67. The highest BCUT2D eigenvalue weighted by molar-refractivity contribution is 14.1. The second-order valence-corrected chi connectivity index (χ2v) is 4.10. The van der Waals surface area contributed by atoms with Crippen molar-refractivity contribution in [3.8, 4) is 0 Å². The molecule has 72 valence electrons. The summed E-state index contributed by atoms with van der Waals surface area (Å²) in [5.41, 5.74) is 0. The smallest absolute Gasteiger partial charge is 0.137 e. The van der Waals surface area contributed by atoms with E-state index in [2.05, 4.69) is 0 Å². The van der Waals surface area contributed by atoms with Gasteiger partial charge in [-0.2, -0.15) is 0 Å². The molecule has 2 N–H and O–H groups in total. The number of hydrogen-bond donors (Lipinski definition) is 2. The van der Waals surface area contributed by atoms with Gasteiger partial charge in [0, 0.05) is 7.11 Å². The van der Waals surface area contributed by atoms with Gasteiger partial charge in [0.05, 0.1) is 6.10 Å². The number of aliphatic hydroxyl groups excluding tert-OH is 2. The number of alkyl halides is 1. The van der Waals surface area contributed by atoms with Gasteiger partial charge in [-0.25, -0.2) is 0 Å². The molecule has 0 aromatic carbocycles. The monoisotopic (exact) mass is 288 g/mol. The standard InChI is InChI=1S/C7H13IO4/c1-3-4(9)6(11-2)5(10)7(8)12-3/h3-7,9-10H,1-2H3/t3?,4-,5?,6?,7+/m0/s1. The molecule has 5 heteroatoms. The van der Waals surface area contributed by atoms with Crippen LogP contribution >= 0.6 is 22.6 Å². The molecule has 0 spiro atoms. The van der Waals surface area contributed by atoms with Gasteiger partial charge in [0.25, 0.3) is 0 Å². The van der Waals surface area contributed by atoms with Crippen molar-refractivity contribution in [3.63, 3.8) is 0 Å². The summed E-state index contributed by atoms with van der Waals surface area (Å²) in [4.78, 5) is 0. The molecular formula is C7H13IO4. The van der Waals surface area contributed by atoms with E-state index in [1.807, 2.05) is 22.6 Å². The van der Waals surface area contributed by atoms with Crippen molar-refractivity contribution in [2.24, 2.45) is 0 Å². The average molecular weight is 288 g/mol. The lowest BCUT2D eigenvalue weighted by molar-refractivity contribution is -0.196. The maximum Gasteiger partial charge on any atom is 0.137 e. The van der Waals surface area contributed by atoms with E-state index in [0.717, 1.165) is 0 Å². The zero-order valence-corrected chi connectivity index (χ0v) is 9.13. The summed E-state index contributed by atoms with van der Waals surface area (Å²) >= 11 is 1.98. The molecule has 5 atom stereocenters. The minimum atomic E-state index is -0.762. The summed E-state index contributed by atoms with van der Waals surface area (Å²) in [5.74, 6) is 0. The second-order valence-electron chi connectivity index (χ2n) is 2.87. The Labute approximate surface area is 85.0 Å². The van der Waals surface area contributed by atoms with Crippen molar-refractivity contribution < 1.29 is 19.7 Å². The first kappa shape index (κ1) is 10.6. The van der Waals surface area contributed by atoms with Gasteiger partial charge in [-0.15, -0.1) is 0 Å². The average Bonchev–Trinajstić information content (AvgIpc) is 2.02. The lowest BCUT2D eigenvalue weighted by Crippen LogP contribution is -2.55. The predicted molar refractivity (Wildman–Crippen MR) is 51.2 cm³/mol. The SMILES string of the molecule is COC1C(O)[C@H](I)OC(C)[C@@H]1O. The Morgan fingerprint density at radius 1 is 1.33 bits per heavy atom. The van der Waals surface area contributed by atoms with Crippen LogP contribution in [-0.2, 0) is 9.47 Å². The van der Waals surface area contributed by atoms with Crippen LogP contribution in [0.5, 0.6) is 0 Å². The van der Waals surface area contributed by atoms with Crippen LogP contribution in [0.15, 0.2) is 0 Å². The van der Waals surface area contributed by atoms with Crippen molar-refractivity contribution in [2.45, 2.75) is 35.5 Å². The molecule has 0 radical (unpaired) electrons. The molecule has 0 aromatic rings. The highest BCUT2D eigenvalue weighted by Crippen LogP contribution is 2.26. The fraction of sp³-hybridized carbons (Fsp3) is 1.00. The van der Waals surface area contributed by atoms with Gasteiger partial charge < -0.3 is 19.7 Å². The van der Waals surface area contributed by atoms with Crippen LogP contribution in [0.4, 0.5) is 0 Å². The van der Waals surface area contributed by atoms with Crippen molar-refractivity contribution in [2.75, 3.05) is 7.11 Å². The van der Waals surface area contributed by atoms with Crippen molar-refractivity contribution in [3.05, 3.63) is 0 Å². The first-order valence-electron chi connectivity index (χ1n) is 3.76. The molecular weight excluding hydrogens is 275 g/mol.